The fourth-order valence-electron chi connectivity index (χ4n) is 7.04. The SMILES string of the molecule is CCOc1nc(OC2CCC2)ncc1C(=O)N[C@@H]1C2CC34CC13C[C@@](O)(C2)C4. The average Bonchev–Trinajstić information content (AvgIpc) is 3.06. The van der Waals surface area contributed by atoms with E-state index in [2.05, 4.69) is 15.3 Å². The summed E-state index contributed by atoms with van der Waals surface area (Å²) in [7, 11) is 0. The lowest BCUT2D eigenvalue weighted by molar-refractivity contribution is -0.0488. The molecule has 1 aromatic heterocycles. The van der Waals surface area contributed by atoms with E-state index < -0.39 is 5.60 Å². The number of hydrogen-bond acceptors (Lipinski definition) is 6. The van der Waals surface area contributed by atoms with E-state index in [0.717, 1.165) is 44.9 Å². The van der Waals surface area contributed by atoms with E-state index in [1.54, 1.807) is 0 Å². The van der Waals surface area contributed by atoms with Crippen LogP contribution in [-0.4, -0.2) is 45.3 Å². The molecule has 0 saturated heterocycles. The Hall–Kier alpha value is -1.89. The number of nitrogens with one attached hydrogen (secondary N) is 1. The summed E-state index contributed by atoms with van der Waals surface area (Å²) < 4.78 is 11.4. The predicted octanol–water partition coefficient (Wildman–Crippen LogP) is 2.23. The molecule has 6 aliphatic carbocycles. The van der Waals surface area contributed by atoms with Crippen LogP contribution in [0.2, 0.25) is 0 Å². The Bertz CT molecular complexity index is 856. The standard InChI is InChI=1S/C21H27N3O4/c1-2-27-17-14(8-22-18(24-17)28-13-4-3-5-13)16(25)23-15-12-6-19-9-20(26,7-12)11-21(15,19)10-19/h8,12-13,15,26H,2-7,9-11H2,1H3,(H,23,25)/t12?,15-,19?,20-,21?/m1/s1. The second-order valence-corrected chi connectivity index (χ2v) is 9.79. The first-order valence-electron chi connectivity index (χ1n) is 10.7. The molecule has 1 amide bonds. The van der Waals surface area contributed by atoms with Gasteiger partial charge in [-0.25, -0.2) is 4.98 Å². The predicted molar refractivity (Wildman–Crippen MR) is 99.1 cm³/mol. The summed E-state index contributed by atoms with van der Waals surface area (Å²) in [5.41, 5.74) is 0.273. The van der Waals surface area contributed by atoms with E-state index in [-0.39, 0.29) is 34.9 Å². The Balaban J connectivity index is 1.23. The van der Waals surface area contributed by atoms with Crippen molar-refractivity contribution in [2.24, 2.45) is 16.7 Å². The average molecular weight is 385 g/mol. The number of nitrogens with zero attached hydrogens (tertiary/aromatic N) is 2. The first-order valence-corrected chi connectivity index (χ1v) is 10.7. The first-order chi connectivity index (χ1) is 13.5. The highest BCUT2D eigenvalue weighted by Gasteiger charge is 2.85. The van der Waals surface area contributed by atoms with Gasteiger partial charge in [-0.3, -0.25) is 4.79 Å². The van der Waals surface area contributed by atoms with Gasteiger partial charge in [0.15, 0.2) is 0 Å². The fourth-order valence-corrected chi connectivity index (χ4v) is 7.04. The number of aliphatic hydroxyl groups is 1. The van der Waals surface area contributed by atoms with Gasteiger partial charge in [0.1, 0.15) is 11.7 Å². The number of aromatic nitrogens is 2. The number of carbonyl (C=O) groups is 1. The molecule has 6 saturated carbocycles. The number of amides is 1. The minimum absolute atomic E-state index is 0.111. The highest BCUT2D eigenvalue weighted by Crippen LogP contribution is 2.87. The topological polar surface area (TPSA) is 93.6 Å². The molecule has 1 heterocycles. The van der Waals surface area contributed by atoms with Crippen LogP contribution in [0.25, 0.3) is 0 Å². The zero-order valence-electron chi connectivity index (χ0n) is 16.2. The molecule has 2 spiro atoms. The Morgan fingerprint density at radius 3 is 2.89 bits per heavy atom. The summed E-state index contributed by atoms with van der Waals surface area (Å²) in [6, 6.07) is 0.424. The summed E-state index contributed by atoms with van der Waals surface area (Å²) in [5, 5.41) is 14.0. The highest BCUT2D eigenvalue weighted by molar-refractivity contribution is 5.96. The van der Waals surface area contributed by atoms with Gasteiger partial charge < -0.3 is 19.9 Å². The van der Waals surface area contributed by atoms with E-state index in [1.807, 2.05) is 6.92 Å². The molecule has 4 bridgehead atoms. The molecular formula is C21H27N3O4. The molecule has 6 aliphatic rings. The van der Waals surface area contributed by atoms with Crippen LogP contribution in [0, 0.1) is 16.7 Å². The second kappa shape index (κ2) is 5.38. The van der Waals surface area contributed by atoms with Crippen molar-refractivity contribution in [1.82, 2.24) is 15.3 Å². The molecule has 0 aromatic carbocycles. The van der Waals surface area contributed by atoms with E-state index >= 15 is 0 Å². The molecule has 3 unspecified atom stereocenters. The van der Waals surface area contributed by atoms with Crippen molar-refractivity contribution in [2.45, 2.75) is 76.0 Å². The van der Waals surface area contributed by atoms with E-state index in [4.69, 9.17) is 9.47 Å². The van der Waals surface area contributed by atoms with Gasteiger partial charge in [0.2, 0.25) is 5.88 Å². The number of rotatable bonds is 6. The van der Waals surface area contributed by atoms with Gasteiger partial charge in [-0.05, 0) is 75.0 Å². The minimum atomic E-state index is -0.484. The van der Waals surface area contributed by atoms with Crippen molar-refractivity contribution < 1.29 is 19.4 Å². The van der Waals surface area contributed by atoms with Gasteiger partial charge >= 0.3 is 6.01 Å². The van der Waals surface area contributed by atoms with Crippen LogP contribution in [0.3, 0.4) is 0 Å². The number of hydrogen-bond donors (Lipinski definition) is 2. The Morgan fingerprint density at radius 1 is 1.32 bits per heavy atom. The maximum Gasteiger partial charge on any atom is 0.319 e. The van der Waals surface area contributed by atoms with Crippen LogP contribution in [-0.2, 0) is 0 Å². The third-order valence-electron chi connectivity index (χ3n) is 8.13. The van der Waals surface area contributed by atoms with Crippen LogP contribution in [0.5, 0.6) is 11.9 Å². The lowest BCUT2D eigenvalue weighted by atomic mass is 9.68. The summed E-state index contributed by atoms with van der Waals surface area (Å²) in [6.07, 6.45) is 9.77. The summed E-state index contributed by atoms with van der Waals surface area (Å²) in [4.78, 5) is 21.7. The molecule has 7 rings (SSSR count). The minimum Gasteiger partial charge on any atom is -0.477 e. The van der Waals surface area contributed by atoms with Crippen molar-refractivity contribution in [3.63, 3.8) is 0 Å². The van der Waals surface area contributed by atoms with Crippen LogP contribution < -0.4 is 14.8 Å². The van der Waals surface area contributed by atoms with E-state index in [9.17, 15) is 9.90 Å². The highest BCUT2D eigenvalue weighted by atomic mass is 16.5. The Morgan fingerprint density at radius 2 is 2.18 bits per heavy atom. The molecule has 2 N–H and O–H groups in total. The third-order valence-corrected chi connectivity index (χ3v) is 8.13. The van der Waals surface area contributed by atoms with Crippen LogP contribution in [0.1, 0.15) is 68.6 Å². The lowest BCUT2D eigenvalue weighted by Gasteiger charge is -2.43. The van der Waals surface area contributed by atoms with Gasteiger partial charge in [0, 0.05) is 6.04 Å². The van der Waals surface area contributed by atoms with Crippen LogP contribution >= 0.6 is 0 Å². The number of ether oxygens (including phenoxy) is 2. The molecule has 28 heavy (non-hydrogen) atoms. The van der Waals surface area contributed by atoms with Crippen molar-refractivity contribution in [2.75, 3.05) is 6.61 Å². The van der Waals surface area contributed by atoms with Crippen molar-refractivity contribution >= 4 is 5.91 Å². The molecule has 7 nitrogen and oxygen atoms in total. The first kappa shape index (κ1) is 17.0. The van der Waals surface area contributed by atoms with E-state index in [0.29, 0.717) is 24.0 Å². The van der Waals surface area contributed by atoms with Gasteiger partial charge in [-0.15, -0.1) is 0 Å². The van der Waals surface area contributed by atoms with Crippen LogP contribution in [0.15, 0.2) is 6.20 Å². The van der Waals surface area contributed by atoms with Gasteiger partial charge in [0.05, 0.1) is 18.4 Å². The molecule has 0 radical (unpaired) electrons. The summed E-state index contributed by atoms with van der Waals surface area (Å²) in [5.74, 6) is 0.490. The van der Waals surface area contributed by atoms with Gasteiger partial charge in [0.25, 0.3) is 5.91 Å². The maximum atomic E-state index is 13.1. The molecule has 6 fully saturated rings. The van der Waals surface area contributed by atoms with Crippen molar-refractivity contribution in [3.8, 4) is 11.9 Å². The smallest absolute Gasteiger partial charge is 0.319 e. The maximum absolute atomic E-state index is 13.1. The van der Waals surface area contributed by atoms with Crippen LogP contribution in [0.4, 0.5) is 0 Å². The summed E-state index contributed by atoms with van der Waals surface area (Å²) >= 11 is 0. The third kappa shape index (κ3) is 2.17. The molecule has 1 aromatic rings. The van der Waals surface area contributed by atoms with E-state index in [1.165, 1.54) is 12.6 Å². The molecular weight excluding hydrogens is 358 g/mol. The van der Waals surface area contributed by atoms with Gasteiger partial charge in [-0.1, -0.05) is 0 Å². The van der Waals surface area contributed by atoms with Crippen molar-refractivity contribution in [3.05, 3.63) is 11.8 Å². The lowest BCUT2D eigenvalue weighted by Crippen LogP contribution is -2.52. The molecule has 0 aliphatic heterocycles. The monoisotopic (exact) mass is 385 g/mol. The molecule has 7 heteroatoms. The molecule has 5 atom stereocenters. The fraction of sp³-hybridized carbons (Fsp3) is 0.762. The summed E-state index contributed by atoms with van der Waals surface area (Å²) in [6.45, 7) is 2.30. The largest absolute Gasteiger partial charge is 0.477 e. The number of carbonyl (C=O) groups excluding carboxylic acids is 1. The second-order valence-electron chi connectivity index (χ2n) is 9.79. The zero-order chi connectivity index (χ0) is 19.1. The van der Waals surface area contributed by atoms with Gasteiger partial charge in [-0.2, -0.15) is 4.98 Å². The normalized spacial score (nSPS) is 42.1. The Kier molecular flexibility index (Phi) is 3.27. The Labute approximate surface area is 164 Å². The quantitative estimate of drug-likeness (QED) is 0.780. The molecule has 150 valence electrons. The zero-order valence-corrected chi connectivity index (χ0v) is 16.2. The van der Waals surface area contributed by atoms with Crippen molar-refractivity contribution in [1.29, 1.82) is 0 Å².